The van der Waals surface area contributed by atoms with Gasteiger partial charge in [-0.2, -0.15) is 4.98 Å². The first-order valence-corrected chi connectivity index (χ1v) is 9.43. The number of rotatable bonds is 6. The van der Waals surface area contributed by atoms with E-state index in [1.807, 2.05) is 24.1 Å². The number of aromatic nitrogens is 2. The third kappa shape index (κ3) is 4.36. The summed E-state index contributed by atoms with van der Waals surface area (Å²) in [6.45, 7) is 6.36. The highest BCUT2D eigenvalue weighted by molar-refractivity contribution is 7.96. The number of carbonyl (C=O) groups is 1. The lowest BCUT2D eigenvalue weighted by Crippen LogP contribution is -2.43. The Labute approximate surface area is 157 Å². The summed E-state index contributed by atoms with van der Waals surface area (Å²) in [4.78, 5) is 21.7. The largest absolute Gasteiger partial charge is 0.383 e. The number of hydrogen-bond donors (Lipinski definition) is 3. The van der Waals surface area contributed by atoms with Gasteiger partial charge in [-0.15, -0.1) is 0 Å². The Morgan fingerprint density at radius 1 is 1.23 bits per heavy atom. The van der Waals surface area contributed by atoms with Crippen molar-refractivity contribution >= 4 is 41.0 Å². The maximum Gasteiger partial charge on any atom is 0.254 e. The van der Waals surface area contributed by atoms with Crippen molar-refractivity contribution < 1.29 is 4.79 Å². The van der Waals surface area contributed by atoms with Crippen molar-refractivity contribution in [1.82, 2.24) is 14.3 Å². The van der Waals surface area contributed by atoms with Gasteiger partial charge >= 0.3 is 0 Å². The van der Waals surface area contributed by atoms with Gasteiger partial charge in [-0.05, 0) is 24.3 Å². The fourth-order valence-electron chi connectivity index (χ4n) is 2.79. The van der Waals surface area contributed by atoms with E-state index in [4.69, 9.17) is 11.5 Å². The minimum atomic E-state index is -0.643. The summed E-state index contributed by atoms with van der Waals surface area (Å²) in [5.74, 6) is 0.864. The molecule has 1 saturated heterocycles. The van der Waals surface area contributed by atoms with E-state index in [1.54, 1.807) is 0 Å². The SMILES string of the molecule is CCSN1CCN(c2ccc(Nc3ncc(C(N)=O)c(N)n3)cc2)CC1. The molecular weight excluding hydrogens is 350 g/mol. The van der Waals surface area contributed by atoms with Gasteiger partial charge in [0, 0.05) is 49.5 Å². The first kappa shape index (κ1) is 18.3. The Balaban J connectivity index is 1.61. The van der Waals surface area contributed by atoms with Crippen molar-refractivity contribution in [1.29, 1.82) is 0 Å². The molecule has 1 aliphatic heterocycles. The minimum Gasteiger partial charge on any atom is -0.383 e. The molecule has 0 radical (unpaired) electrons. The zero-order valence-electron chi connectivity index (χ0n) is 14.7. The molecule has 1 aromatic carbocycles. The molecule has 5 N–H and O–H groups in total. The van der Waals surface area contributed by atoms with E-state index in [1.165, 1.54) is 11.9 Å². The first-order valence-electron chi connectivity index (χ1n) is 8.49. The molecule has 26 heavy (non-hydrogen) atoms. The number of nitrogens with zero attached hydrogens (tertiary/aromatic N) is 4. The lowest BCUT2D eigenvalue weighted by Gasteiger charge is -2.35. The second-order valence-corrected chi connectivity index (χ2v) is 7.21. The summed E-state index contributed by atoms with van der Waals surface area (Å²) in [6, 6.07) is 8.10. The first-order chi connectivity index (χ1) is 12.6. The van der Waals surface area contributed by atoms with E-state index in [0.29, 0.717) is 5.95 Å². The molecule has 1 aromatic heterocycles. The molecule has 0 atom stereocenters. The molecule has 3 rings (SSSR count). The van der Waals surface area contributed by atoms with Gasteiger partial charge in [-0.3, -0.25) is 4.79 Å². The van der Waals surface area contributed by atoms with Crippen LogP contribution in [0.2, 0.25) is 0 Å². The van der Waals surface area contributed by atoms with Crippen molar-refractivity contribution in [3.63, 3.8) is 0 Å². The average molecular weight is 373 g/mol. The normalized spacial score (nSPS) is 15.0. The summed E-state index contributed by atoms with van der Waals surface area (Å²) in [5, 5.41) is 3.08. The lowest BCUT2D eigenvalue weighted by atomic mass is 10.2. The molecule has 1 fully saturated rings. The Morgan fingerprint density at radius 3 is 2.50 bits per heavy atom. The van der Waals surface area contributed by atoms with Crippen molar-refractivity contribution in [2.75, 3.05) is 47.9 Å². The number of primary amides is 1. The molecule has 2 heterocycles. The predicted octanol–water partition coefficient (Wildman–Crippen LogP) is 1.69. The summed E-state index contributed by atoms with van der Waals surface area (Å²) in [7, 11) is 0. The van der Waals surface area contributed by atoms with E-state index in [9.17, 15) is 4.79 Å². The van der Waals surface area contributed by atoms with Gasteiger partial charge in [0.1, 0.15) is 5.82 Å². The number of benzene rings is 1. The molecule has 2 aromatic rings. The standard InChI is InChI=1S/C17H23N7OS/c1-2-26-24-9-7-23(8-10-24)13-5-3-12(4-6-13)21-17-20-11-14(16(19)25)15(18)22-17/h3-6,11H,2,7-10H2,1H3,(H2,19,25)(H3,18,20,21,22). The smallest absolute Gasteiger partial charge is 0.254 e. The number of amides is 1. The van der Waals surface area contributed by atoms with Crippen LogP contribution in [0.5, 0.6) is 0 Å². The van der Waals surface area contributed by atoms with Crippen LogP contribution in [-0.2, 0) is 0 Å². The summed E-state index contributed by atoms with van der Waals surface area (Å²) in [5.41, 5.74) is 13.1. The van der Waals surface area contributed by atoms with Crippen LogP contribution in [0.25, 0.3) is 0 Å². The van der Waals surface area contributed by atoms with Crippen molar-refractivity contribution in [2.24, 2.45) is 5.73 Å². The Kier molecular flexibility index (Phi) is 5.79. The quantitative estimate of drug-likeness (QED) is 0.656. The number of anilines is 4. The van der Waals surface area contributed by atoms with Crippen LogP contribution in [0.3, 0.4) is 0 Å². The summed E-state index contributed by atoms with van der Waals surface area (Å²) < 4.78 is 2.42. The van der Waals surface area contributed by atoms with Crippen LogP contribution in [0, 0.1) is 0 Å². The van der Waals surface area contributed by atoms with E-state index in [-0.39, 0.29) is 11.4 Å². The Bertz CT molecular complexity index is 760. The van der Waals surface area contributed by atoms with E-state index < -0.39 is 5.91 Å². The molecule has 8 nitrogen and oxygen atoms in total. The number of nitrogens with two attached hydrogens (primary N) is 2. The highest BCUT2D eigenvalue weighted by Crippen LogP contribution is 2.23. The second kappa shape index (κ2) is 8.24. The predicted molar refractivity (Wildman–Crippen MR) is 107 cm³/mol. The molecule has 0 bridgehead atoms. The highest BCUT2D eigenvalue weighted by Gasteiger charge is 2.17. The minimum absolute atomic E-state index is 0.0643. The highest BCUT2D eigenvalue weighted by atomic mass is 32.2. The Hall–Kier alpha value is -2.52. The molecule has 0 aliphatic carbocycles. The topological polar surface area (TPSA) is 113 Å². The average Bonchev–Trinajstić information content (AvgIpc) is 2.63. The Morgan fingerprint density at radius 2 is 1.92 bits per heavy atom. The van der Waals surface area contributed by atoms with Crippen LogP contribution >= 0.6 is 11.9 Å². The van der Waals surface area contributed by atoms with Gasteiger partial charge < -0.3 is 21.7 Å². The monoisotopic (exact) mass is 373 g/mol. The number of nitrogens with one attached hydrogen (secondary N) is 1. The van der Waals surface area contributed by atoms with Crippen LogP contribution in [-0.4, -0.2) is 52.1 Å². The van der Waals surface area contributed by atoms with E-state index in [2.05, 4.69) is 43.5 Å². The molecule has 0 saturated carbocycles. The van der Waals surface area contributed by atoms with Gasteiger partial charge in [0.05, 0.1) is 5.56 Å². The fourth-order valence-corrected chi connectivity index (χ4v) is 3.57. The van der Waals surface area contributed by atoms with Gasteiger partial charge in [0.15, 0.2) is 0 Å². The molecular formula is C17H23N7OS. The number of hydrogen-bond acceptors (Lipinski definition) is 8. The van der Waals surface area contributed by atoms with Crippen LogP contribution in [0.1, 0.15) is 17.3 Å². The van der Waals surface area contributed by atoms with E-state index >= 15 is 0 Å². The number of piperazine rings is 1. The summed E-state index contributed by atoms with van der Waals surface area (Å²) in [6.07, 6.45) is 1.33. The zero-order valence-corrected chi connectivity index (χ0v) is 15.5. The fraction of sp³-hybridized carbons (Fsp3) is 0.353. The third-order valence-corrected chi connectivity index (χ3v) is 5.11. The molecule has 9 heteroatoms. The molecule has 0 spiro atoms. The van der Waals surface area contributed by atoms with Gasteiger partial charge in [-0.1, -0.05) is 18.9 Å². The summed E-state index contributed by atoms with van der Waals surface area (Å²) >= 11 is 1.90. The zero-order chi connectivity index (χ0) is 18.5. The van der Waals surface area contributed by atoms with Crippen LogP contribution in [0.4, 0.5) is 23.1 Å². The van der Waals surface area contributed by atoms with E-state index in [0.717, 1.165) is 37.6 Å². The third-order valence-electron chi connectivity index (χ3n) is 4.12. The maximum absolute atomic E-state index is 11.2. The van der Waals surface area contributed by atoms with Crippen molar-refractivity contribution in [3.05, 3.63) is 36.0 Å². The second-order valence-electron chi connectivity index (χ2n) is 5.86. The van der Waals surface area contributed by atoms with Crippen molar-refractivity contribution in [3.8, 4) is 0 Å². The number of nitrogen functional groups attached to an aromatic ring is 1. The molecule has 1 amide bonds. The maximum atomic E-state index is 11.2. The molecule has 0 unspecified atom stereocenters. The van der Waals surface area contributed by atoms with Crippen LogP contribution in [0.15, 0.2) is 30.5 Å². The van der Waals surface area contributed by atoms with Gasteiger partial charge in [0.25, 0.3) is 5.91 Å². The van der Waals surface area contributed by atoms with Crippen molar-refractivity contribution in [2.45, 2.75) is 6.92 Å². The number of carbonyl (C=O) groups excluding carboxylic acids is 1. The van der Waals surface area contributed by atoms with Gasteiger partial charge in [-0.25, -0.2) is 9.29 Å². The van der Waals surface area contributed by atoms with Crippen LogP contribution < -0.4 is 21.7 Å². The van der Waals surface area contributed by atoms with Gasteiger partial charge in [0.2, 0.25) is 5.95 Å². The lowest BCUT2D eigenvalue weighted by molar-refractivity contribution is 0.100. The molecule has 1 aliphatic rings. The molecule has 138 valence electrons.